The van der Waals surface area contributed by atoms with E-state index in [0.29, 0.717) is 5.92 Å². The SMILES string of the molecule is Cc1cccc(-c2nc3n(n2)CC(C)CC3N)c1. The first-order valence-electron chi connectivity index (χ1n) is 6.41. The molecule has 1 aromatic heterocycles. The predicted octanol–water partition coefficient (Wildman–Crippen LogP) is 2.29. The van der Waals surface area contributed by atoms with E-state index in [1.165, 1.54) is 5.56 Å². The third kappa shape index (κ3) is 1.93. The van der Waals surface area contributed by atoms with Crippen molar-refractivity contribution in [2.45, 2.75) is 32.9 Å². The fraction of sp³-hybridized carbons (Fsp3) is 0.429. The van der Waals surface area contributed by atoms with Gasteiger partial charge in [-0.15, -0.1) is 0 Å². The summed E-state index contributed by atoms with van der Waals surface area (Å²) >= 11 is 0. The quantitative estimate of drug-likeness (QED) is 0.834. The molecule has 0 saturated heterocycles. The summed E-state index contributed by atoms with van der Waals surface area (Å²) in [5, 5.41) is 4.59. The molecule has 0 bridgehead atoms. The Bertz CT molecular complexity index is 573. The Hall–Kier alpha value is -1.68. The molecule has 2 heterocycles. The van der Waals surface area contributed by atoms with Crippen molar-refractivity contribution in [1.29, 1.82) is 0 Å². The van der Waals surface area contributed by atoms with Crippen LogP contribution in [0.25, 0.3) is 11.4 Å². The van der Waals surface area contributed by atoms with Crippen LogP contribution in [0, 0.1) is 12.8 Å². The van der Waals surface area contributed by atoms with Crippen LogP contribution in [0.2, 0.25) is 0 Å². The van der Waals surface area contributed by atoms with Crippen LogP contribution in [-0.4, -0.2) is 14.8 Å². The van der Waals surface area contributed by atoms with Crippen molar-refractivity contribution in [3.8, 4) is 11.4 Å². The molecule has 2 unspecified atom stereocenters. The summed E-state index contributed by atoms with van der Waals surface area (Å²) in [5.74, 6) is 2.28. The molecule has 0 spiro atoms. The number of benzene rings is 1. The standard InChI is InChI=1S/C14H18N4/c1-9-4-3-5-11(6-9)13-16-14-12(15)7-10(2)8-18(14)17-13/h3-6,10,12H,7-8,15H2,1-2H3. The molecule has 2 atom stereocenters. The Kier molecular flexibility index (Phi) is 2.67. The maximum atomic E-state index is 6.13. The highest BCUT2D eigenvalue weighted by Crippen LogP contribution is 2.27. The van der Waals surface area contributed by atoms with Gasteiger partial charge in [-0.1, -0.05) is 30.7 Å². The van der Waals surface area contributed by atoms with Crippen LogP contribution in [0.4, 0.5) is 0 Å². The normalized spacial score (nSPS) is 22.8. The van der Waals surface area contributed by atoms with Crippen molar-refractivity contribution in [3.63, 3.8) is 0 Å². The third-order valence-corrected chi connectivity index (χ3v) is 3.45. The zero-order valence-corrected chi connectivity index (χ0v) is 10.8. The lowest BCUT2D eigenvalue weighted by Gasteiger charge is -2.23. The molecule has 0 aliphatic carbocycles. The van der Waals surface area contributed by atoms with Crippen LogP contribution >= 0.6 is 0 Å². The van der Waals surface area contributed by atoms with Gasteiger partial charge < -0.3 is 5.73 Å². The fourth-order valence-corrected chi connectivity index (χ4v) is 2.58. The van der Waals surface area contributed by atoms with Gasteiger partial charge in [-0.2, -0.15) is 5.10 Å². The van der Waals surface area contributed by atoms with Crippen LogP contribution < -0.4 is 5.73 Å². The first kappa shape index (κ1) is 11.4. The molecule has 1 aromatic carbocycles. The molecule has 4 nitrogen and oxygen atoms in total. The van der Waals surface area contributed by atoms with Gasteiger partial charge in [0.2, 0.25) is 0 Å². The fourth-order valence-electron chi connectivity index (χ4n) is 2.58. The minimum absolute atomic E-state index is 0.0137. The molecule has 4 heteroatoms. The zero-order valence-electron chi connectivity index (χ0n) is 10.8. The van der Waals surface area contributed by atoms with Crippen molar-refractivity contribution in [3.05, 3.63) is 35.7 Å². The second-order valence-electron chi connectivity index (χ2n) is 5.29. The molecule has 0 saturated carbocycles. The molecule has 94 valence electrons. The van der Waals surface area contributed by atoms with Gasteiger partial charge in [0.25, 0.3) is 0 Å². The van der Waals surface area contributed by atoms with E-state index in [9.17, 15) is 0 Å². The van der Waals surface area contributed by atoms with Gasteiger partial charge in [0.05, 0.1) is 6.04 Å². The zero-order chi connectivity index (χ0) is 12.7. The van der Waals surface area contributed by atoms with E-state index in [1.54, 1.807) is 0 Å². The smallest absolute Gasteiger partial charge is 0.181 e. The summed E-state index contributed by atoms with van der Waals surface area (Å²) < 4.78 is 1.97. The van der Waals surface area contributed by atoms with Gasteiger partial charge in [0.15, 0.2) is 5.82 Å². The second-order valence-corrected chi connectivity index (χ2v) is 5.29. The highest BCUT2D eigenvalue weighted by Gasteiger charge is 2.25. The van der Waals surface area contributed by atoms with Crippen molar-refractivity contribution < 1.29 is 0 Å². The van der Waals surface area contributed by atoms with E-state index in [2.05, 4.69) is 36.1 Å². The summed E-state index contributed by atoms with van der Waals surface area (Å²) in [5.41, 5.74) is 8.42. The number of nitrogens with zero attached hydrogens (tertiary/aromatic N) is 3. The largest absolute Gasteiger partial charge is 0.321 e. The molecule has 1 aliphatic heterocycles. The first-order chi connectivity index (χ1) is 8.63. The van der Waals surface area contributed by atoms with Gasteiger partial charge in [0.1, 0.15) is 5.82 Å². The number of fused-ring (bicyclic) bond motifs is 1. The van der Waals surface area contributed by atoms with Gasteiger partial charge in [-0.05, 0) is 25.3 Å². The Morgan fingerprint density at radius 1 is 1.39 bits per heavy atom. The van der Waals surface area contributed by atoms with E-state index >= 15 is 0 Å². The molecule has 2 aromatic rings. The second kappa shape index (κ2) is 4.21. The van der Waals surface area contributed by atoms with Crippen LogP contribution in [-0.2, 0) is 6.54 Å². The number of hydrogen-bond acceptors (Lipinski definition) is 3. The van der Waals surface area contributed by atoms with Crippen molar-refractivity contribution in [1.82, 2.24) is 14.8 Å². The van der Waals surface area contributed by atoms with Crippen LogP contribution in [0.5, 0.6) is 0 Å². The topological polar surface area (TPSA) is 56.7 Å². The molecular formula is C14H18N4. The van der Waals surface area contributed by atoms with Gasteiger partial charge in [-0.25, -0.2) is 9.67 Å². The summed E-state index contributed by atoms with van der Waals surface area (Å²) in [6.45, 7) is 5.20. The Labute approximate surface area is 107 Å². The summed E-state index contributed by atoms with van der Waals surface area (Å²) in [6, 6.07) is 8.28. The summed E-state index contributed by atoms with van der Waals surface area (Å²) in [4.78, 5) is 4.60. The van der Waals surface area contributed by atoms with Crippen LogP contribution in [0.1, 0.15) is 30.8 Å². The lowest BCUT2D eigenvalue weighted by atomic mass is 9.98. The van der Waals surface area contributed by atoms with E-state index < -0.39 is 0 Å². The maximum absolute atomic E-state index is 6.13. The number of rotatable bonds is 1. The van der Waals surface area contributed by atoms with Crippen molar-refractivity contribution in [2.75, 3.05) is 0 Å². The Balaban J connectivity index is 2.03. The van der Waals surface area contributed by atoms with Crippen molar-refractivity contribution >= 4 is 0 Å². The van der Waals surface area contributed by atoms with E-state index in [0.717, 1.165) is 30.2 Å². The highest BCUT2D eigenvalue weighted by molar-refractivity contribution is 5.55. The number of aromatic nitrogens is 3. The first-order valence-corrected chi connectivity index (χ1v) is 6.41. The molecular weight excluding hydrogens is 224 g/mol. The maximum Gasteiger partial charge on any atom is 0.181 e. The van der Waals surface area contributed by atoms with Crippen LogP contribution in [0.15, 0.2) is 24.3 Å². The lowest BCUT2D eigenvalue weighted by Crippen LogP contribution is -2.27. The minimum atomic E-state index is 0.0137. The van der Waals surface area contributed by atoms with E-state index in [1.807, 2.05) is 16.8 Å². The monoisotopic (exact) mass is 242 g/mol. The highest BCUT2D eigenvalue weighted by atomic mass is 15.4. The van der Waals surface area contributed by atoms with E-state index in [4.69, 9.17) is 5.73 Å². The molecule has 0 radical (unpaired) electrons. The lowest BCUT2D eigenvalue weighted by molar-refractivity contribution is 0.325. The summed E-state index contributed by atoms with van der Waals surface area (Å²) in [7, 11) is 0. The molecule has 0 fully saturated rings. The van der Waals surface area contributed by atoms with Crippen LogP contribution in [0.3, 0.4) is 0 Å². The van der Waals surface area contributed by atoms with Crippen molar-refractivity contribution in [2.24, 2.45) is 11.7 Å². The molecule has 0 amide bonds. The van der Waals surface area contributed by atoms with Gasteiger partial charge in [-0.3, -0.25) is 0 Å². The average Bonchev–Trinajstić information content (AvgIpc) is 2.73. The third-order valence-electron chi connectivity index (χ3n) is 3.45. The van der Waals surface area contributed by atoms with Gasteiger partial charge >= 0.3 is 0 Å². The van der Waals surface area contributed by atoms with E-state index in [-0.39, 0.29) is 6.04 Å². The van der Waals surface area contributed by atoms with Gasteiger partial charge in [0, 0.05) is 12.1 Å². The average molecular weight is 242 g/mol. The number of nitrogens with two attached hydrogens (primary N) is 1. The minimum Gasteiger partial charge on any atom is -0.321 e. The number of hydrogen-bond donors (Lipinski definition) is 1. The molecule has 3 rings (SSSR count). The Morgan fingerprint density at radius 3 is 3.00 bits per heavy atom. The molecule has 1 aliphatic rings. The Morgan fingerprint density at radius 2 is 2.22 bits per heavy atom. The predicted molar refractivity (Wildman–Crippen MR) is 70.9 cm³/mol. The molecule has 2 N–H and O–H groups in total. The molecule has 18 heavy (non-hydrogen) atoms. The number of aryl methyl sites for hydroxylation is 1. The summed E-state index contributed by atoms with van der Waals surface area (Å²) in [6.07, 6.45) is 0.992.